The van der Waals surface area contributed by atoms with Crippen molar-refractivity contribution in [2.45, 2.75) is 19.4 Å². The molecule has 1 rings (SSSR count). The summed E-state index contributed by atoms with van der Waals surface area (Å²) in [6, 6.07) is 7.57. The van der Waals surface area contributed by atoms with Gasteiger partial charge in [0.05, 0.1) is 0 Å². The maximum atomic E-state index is 9.29. The molecule has 1 unspecified atom stereocenters. The topological polar surface area (TPSA) is 58.3 Å². The largest absolute Gasteiger partial charge is 0.508 e. The summed E-state index contributed by atoms with van der Waals surface area (Å²) >= 11 is 0. The van der Waals surface area contributed by atoms with Crippen LogP contribution in [0.2, 0.25) is 0 Å². The van der Waals surface area contributed by atoms with Gasteiger partial charge in [-0.3, -0.25) is 0 Å². The Morgan fingerprint density at radius 3 is 2.93 bits per heavy atom. The van der Waals surface area contributed by atoms with E-state index in [1.807, 2.05) is 12.1 Å². The molecular weight excluding hydrogens is 176 g/mol. The van der Waals surface area contributed by atoms with Crippen molar-refractivity contribution >= 4 is 0 Å². The van der Waals surface area contributed by atoms with Crippen LogP contribution >= 0.6 is 0 Å². The molecule has 0 aliphatic rings. The van der Waals surface area contributed by atoms with E-state index in [2.05, 4.69) is 12.2 Å². The van der Waals surface area contributed by atoms with Crippen LogP contribution in [0.25, 0.3) is 0 Å². The number of benzene rings is 1. The Bertz CT molecular complexity index is 276. The SMILES string of the molecule is CC(NCCCN)c1cccc(O)c1. The van der Waals surface area contributed by atoms with Crippen molar-refractivity contribution in [2.75, 3.05) is 13.1 Å². The predicted octanol–water partition coefficient (Wildman–Crippen LogP) is 1.39. The van der Waals surface area contributed by atoms with Crippen molar-refractivity contribution in [3.05, 3.63) is 29.8 Å². The van der Waals surface area contributed by atoms with Crippen LogP contribution in [0.5, 0.6) is 5.75 Å². The number of nitrogens with one attached hydrogen (secondary N) is 1. The summed E-state index contributed by atoms with van der Waals surface area (Å²) in [5.74, 6) is 0.315. The molecule has 0 aliphatic carbocycles. The van der Waals surface area contributed by atoms with Gasteiger partial charge in [0.2, 0.25) is 0 Å². The summed E-state index contributed by atoms with van der Waals surface area (Å²) in [5.41, 5.74) is 6.50. The minimum Gasteiger partial charge on any atom is -0.508 e. The Morgan fingerprint density at radius 2 is 2.29 bits per heavy atom. The molecule has 0 saturated heterocycles. The number of nitrogens with two attached hydrogens (primary N) is 1. The van der Waals surface area contributed by atoms with Crippen LogP contribution in [0, 0.1) is 0 Å². The molecule has 0 heterocycles. The van der Waals surface area contributed by atoms with E-state index in [1.54, 1.807) is 12.1 Å². The quantitative estimate of drug-likeness (QED) is 0.621. The molecule has 1 aromatic rings. The van der Waals surface area contributed by atoms with Crippen LogP contribution in [-0.2, 0) is 0 Å². The summed E-state index contributed by atoms with van der Waals surface area (Å²) in [5, 5.41) is 12.6. The minimum absolute atomic E-state index is 0.258. The van der Waals surface area contributed by atoms with Gasteiger partial charge < -0.3 is 16.2 Å². The molecule has 0 bridgehead atoms. The Labute approximate surface area is 84.9 Å². The molecule has 0 fully saturated rings. The van der Waals surface area contributed by atoms with Gasteiger partial charge in [-0.1, -0.05) is 12.1 Å². The second-order valence-electron chi connectivity index (χ2n) is 3.41. The lowest BCUT2D eigenvalue weighted by atomic mass is 10.1. The number of phenols is 1. The van der Waals surface area contributed by atoms with Gasteiger partial charge >= 0.3 is 0 Å². The van der Waals surface area contributed by atoms with Crippen LogP contribution in [0.4, 0.5) is 0 Å². The number of hydrogen-bond acceptors (Lipinski definition) is 3. The zero-order valence-corrected chi connectivity index (χ0v) is 8.53. The van der Waals surface area contributed by atoms with E-state index in [-0.39, 0.29) is 6.04 Å². The molecule has 3 nitrogen and oxygen atoms in total. The molecule has 0 saturated carbocycles. The average molecular weight is 194 g/mol. The molecule has 0 spiro atoms. The summed E-state index contributed by atoms with van der Waals surface area (Å²) in [6.45, 7) is 3.69. The van der Waals surface area contributed by atoms with Crippen molar-refractivity contribution in [1.29, 1.82) is 0 Å². The Kier molecular flexibility index (Phi) is 4.43. The van der Waals surface area contributed by atoms with E-state index in [0.29, 0.717) is 12.3 Å². The van der Waals surface area contributed by atoms with Gasteiger partial charge in [-0.2, -0.15) is 0 Å². The molecule has 1 aromatic carbocycles. The van der Waals surface area contributed by atoms with Gasteiger partial charge in [-0.25, -0.2) is 0 Å². The van der Waals surface area contributed by atoms with Crippen LogP contribution in [0.3, 0.4) is 0 Å². The molecule has 0 aromatic heterocycles. The van der Waals surface area contributed by atoms with Gasteiger partial charge in [-0.15, -0.1) is 0 Å². The number of rotatable bonds is 5. The molecular formula is C11H18N2O. The molecule has 14 heavy (non-hydrogen) atoms. The first-order valence-electron chi connectivity index (χ1n) is 4.96. The fraction of sp³-hybridized carbons (Fsp3) is 0.455. The van der Waals surface area contributed by atoms with E-state index >= 15 is 0 Å². The first-order valence-corrected chi connectivity index (χ1v) is 4.96. The third-order valence-electron chi connectivity index (χ3n) is 2.20. The lowest BCUT2D eigenvalue weighted by Gasteiger charge is -2.13. The zero-order valence-electron chi connectivity index (χ0n) is 8.53. The lowest BCUT2D eigenvalue weighted by molar-refractivity contribution is 0.472. The van der Waals surface area contributed by atoms with Gasteiger partial charge in [0.15, 0.2) is 0 Å². The Hall–Kier alpha value is -1.06. The van der Waals surface area contributed by atoms with Gasteiger partial charge in [0.25, 0.3) is 0 Å². The smallest absolute Gasteiger partial charge is 0.115 e. The third kappa shape index (κ3) is 3.36. The fourth-order valence-corrected chi connectivity index (χ4v) is 1.33. The van der Waals surface area contributed by atoms with E-state index in [1.165, 1.54) is 0 Å². The highest BCUT2D eigenvalue weighted by molar-refractivity contribution is 5.28. The van der Waals surface area contributed by atoms with Crippen molar-refractivity contribution in [3.8, 4) is 5.75 Å². The maximum absolute atomic E-state index is 9.29. The second-order valence-corrected chi connectivity index (χ2v) is 3.41. The van der Waals surface area contributed by atoms with Gasteiger partial charge in [-0.05, 0) is 44.1 Å². The Balaban J connectivity index is 2.47. The number of phenolic OH excluding ortho intramolecular Hbond substituents is 1. The molecule has 3 heteroatoms. The number of hydrogen-bond donors (Lipinski definition) is 3. The van der Waals surface area contributed by atoms with E-state index < -0.39 is 0 Å². The van der Waals surface area contributed by atoms with Crippen molar-refractivity contribution in [3.63, 3.8) is 0 Å². The predicted molar refractivity (Wildman–Crippen MR) is 58.2 cm³/mol. The van der Waals surface area contributed by atoms with Crippen LogP contribution in [0.15, 0.2) is 24.3 Å². The average Bonchev–Trinajstić information content (AvgIpc) is 2.18. The highest BCUT2D eigenvalue weighted by atomic mass is 16.3. The highest BCUT2D eigenvalue weighted by Gasteiger charge is 2.03. The molecule has 0 radical (unpaired) electrons. The van der Waals surface area contributed by atoms with E-state index in [9.17, 15) is 5.11 Å². The highest BCUT2D eigenvalue weighted by Crippen LogP contribution is 2.17. The summed E-state index contributed by atoms with van der Waals surface area (Å²) in [4.78, 5) is 0. The van der Waals surface area contributed by atoms with Crippen molar-refractivity contribution in [2.24, 2.45) is 5.73 Å². The lowest BCUT2D eigenvalue weighted by Crippen LogP contribution is -2.21. The monoisotopic (exact) mass is 194 g/mol. The summed E-state index contributed by atoms with van der Waals surface area (Å²) in [6.07, 6.45) is 0.975. The minimum atomic E-state index is 0.258. The van der Waals surface area contributed by atoms with Crippen molar-refractivity contribution in [1.82, 2.24) is 5.32 Å². The number of aromatic hydroxyl groups is 1. The first kappa shape index (κ1) is 11.0. The van der Waals surface area contributed by atoms with Gasteiger partial charge in [0, 0.05) is 6.04 Å². The molecule has 0 aliphatic heterocycles. The molecule has 4 N–H and O–H groups in total. The third-order valence-corrected chi connectivity index (χ3v) is 2.20. The summed E-state index contributed by atoms with van der Waals surface area (Å²) < 4.78 is 0. The molecule has 1 atom stereocenters. The second kappa shape index (κ2) is 5.62. The summed E-state index contributed by atoms with van der Waals surface area (Å²) in [7, 11) is 0. The van der Waals surface area contributed by atoms with E-state index in [4.69, 9.17) is 5.73 Å². The normalized spacial score (nSPS) is 12.7. The maximum Gasteiger partial charge on any atom is 0.115 e. The van der Waals surface area contributed by atoms with Crippen LogP contribution in [0.1, 0.15) is 24.9 Å². The zero-order chi connectivity index (χ0) is 10.4. The van der Waals surface area contributed by atoms with E-state index in [0.717, 1.165) is 18.5 Å². The fourth-order valence-electron chi connectivity index (χ4n) is 1.33. The van der Waals surface area contributed by atoms with Gasteiger partial charge in [0.1, 0.15) is 5.75 Å². The Morgan fingerprint density at radius 1 is 1.50 bits per heavy atom. The molecule has 78 valence electrons. The van der Waals surface area contributed by atoms with Crippen LogP contribution in [-0.4, -0.2) is 18.2 Å². The standard InChI is InChI=1S/C11H18N2O/c1-9(13-7-3-6-12)10-4-2-5-11(14)8-10/h2,4-5,8-9,13-14H,3,6-7,12H2,1H3. The van der Waals surface area contributed by atoms with Crippen molar-refractivity contribution < 1.29 is 5.11 Å². The first-order chi connectivity index (χ1) is 6.74. The van der Waals surface area contributed by atoms with Crippen LogP contribution < -0.4 is 11.1 Å². The molecule has 0 amide bonds.